The molecular formula is C41H49N3O5S. The van der Waals surface area contributed by atoms with Gasteiger partial charge in [0.15, 0.2) is 0 Å². The lowest BCUT2D eigenvalue weighted by molar-refractivity contribution is -0.141. The Morgan fingerprint density at radius 1 is 0.920 bits per heavy atom. The molecule has 4 aromatic rings. The molecule has 0 radical (unpaired) electrons. The quantitative estimate of drug-likeness (QED) is 0.121. The Morgan fingerprint density at radius 2 is 1.62 bits per heavy atom. The number of unbranched alkanes of at least 4 members (excludes halogenated alkanes) is 4. The zero-order valence-electron chi connectivity index (χ0n) is 29.6. The van der Waals surface area contributed by atoms with Gasteiger partial charge in [-0.3, -0.25) is 19.4 Å². The molecule has 2 amide bonds. The summed E-state index contributed by atoms with van der Waals surface area (Å²) in [7, 11) is 0. The number of likely N-dealkylation sites (tertiary alicyclic amines) is 1. The highest BCUT2D eigenvalue weighted by Gasteiger charge is 2.35. The highest BCUT2D eigenvalue weighted by Crippen LogP contribution is 2.30. The molecule has 1 unspecified atom stereocenters. The summed E-state index contributed by atoms with van der Waals surface area (Å²) in [5, 5.41) is 12.5. The zero-order valence-corrected chi connectivity index (χ0v) is 30.4. The van der Waals surface area contributed by atoms with Crippen LogP contribution in [0.25, 0.3) is 22.4 Å². The van der Waals surface area contributed by atoms with Gasteiger partial charge < -0.3 is 20.1 Å². The van der Waals surface area contributed by atoms with Crippen LogP contribution in [0.15, 0.2) is 79.0 Å². The van der Waals surface area contributed by atoms with Gasteiger partial charge in [-0.1, -0.05) is 95.8 Å². The Kier molecular flexibility index (Phi) is 12.5. The van der Waals surface area contributed by atoms with E-state index in [1.165, 1.54) is 37.0 Å². The summed E-state index contributed by atoms with van der Waals surface area (Å²) in [5.74, 6) is -1.19. The van der Waals surface area contributed by atoms with Gasteiger partial charge in [0.25, 0.3) is 5.91 Å². The molecule has 50 heavy (non-hydrogen) atoms. The maximum Gasteiger partial charge on any atom is 0.308 e. The summed E-state index contributed by atoms with van der Waals surface area (Å²) in [6.07, 6.45) is 8.61. The van der Waals surface area contributed by atoms with Gasteiger partial charge in [0.2, 0.25) is 5.91 Å². The van der Waals surface area contributed by atoms with Crippen LogP contribution in [0.2, 0.25) is 0 Å². The Hall–Kier alpha value is -4.50. The molecule has 2 aromatic heterocycles. The highest BCUT2D eigenvalue weighted by molar-refractivity contribution is 7.14. The summed E-state index contributed by atoms with van der Waals surface area (Å²) < 4.78 is 5.91. The molecule has 1 aliphatic heterocycles. The van der Waals surface area contributed by atoms with Crippen molar-refractivity contribution in [3.05, 3.63) is 94.3 Å². The van der Waals surface area contributed by atoms with E-state index in [0.29, 0.717) is 17.8 Å². The first-order valence-corrected chi connectivity index (χ1v) is 18.5. The van der Waals surface area contributed by atoms with Crippen molar-refractivity contribution < 1.29 is 24.2 Å². The molecule has 0 aliphatic carbocycles. The molecule has 1 saturated heterocycles. The van der Waals surface area contributed by atoms with E-state index < -0.39 is 17.9 Å². The molecule has 8 nitrogen and oxygen atoms in total. The van der Waals surface area contributed by atoms with Crippen LogP contribution in [0.3, 0.4) is 0 Å². The fraction of sp³-hybridized carbons (Fsp3) is 0.415. The number of amides is 2. The third-order valence-electron chi connectivity index (χ3n) is 9.18. The number of carboxylic acids is 1. The predicted molar refractivity (Wildman–Crippen MR) is 200 cm³/mol. The topological polar surface area (TPSA) is 109 Å². The lowest BCUT2D eigenvalue weighted by atomic mass is 9.95. The Balaban J connectivity index is 1.23. The van der Waals surface area contributed by atoms with Crippen molar-refractivity contribution in [1.29, 1.82) is 0 Å². The molecule has 5 rings (SSSR count). The van der Waals surface area contributed by atoms with Gasteiger partial charge >= 0.3 is 5.97 Å². The first-order chi connectivity index (χ1) is 24.0. The number of hydrogen-bond acceptors (Lipinski definition) is 6. The smallest absolute Gasteiger partial charge is 0.308 e. The standard InChI is InChI=1S/C41H49N3O5S/c1-5-6-7-8-9-24-49-33-17-14-29(15-18-33)31-16-19-34(42-26-31)30-12-10-28(11-13-30)25-35(39(46)44-23-22-32(27-44)40(47)48)43-38(45)36-20-21-37(50-36)41(2,3)4/h10-21,26,32,35H,5-9,22-25,27H2,1-4H3,(H,43,45)(H,47,48)/t32?,35-/m0/s1. The van der Waals surface area contributed by atoms with Crippen LogP contribution in [-0.4, -0.2) is 58.5 Å². The van der Waals surface area contributed by atoms with Gasteiger partial charge in [0.1, 0.15) is 11.8 Å². The van der Waals surface area contributed by atoms with E-state index in [-0.39, 0.29) is 30.2 Å². The number of pyridine rings is 1. The van der Waals surface area contributed by atoms with Crippen molar-refractivity contribution in [3.8, 4) is 28.1 Å². The Bertz CT molecular complexity index is 1730. The van der Waals surface area contributed by atoms with Crippen molar-refractivity contribution in [2.45, 2.75) is 84.1 Å². The van der Waals surface area contributed by atoms with E-state index in [9.17, 15) is 19.5 Å². The maximum atomic E-state index is 13.7. The summed E-state index contributed by atoms with van der Waals surface area (Å²) >= 11 is 1.42. The van der Waals surface area contributed by atoms with Crippen molar-refractivity contribution >= 4 is 29.1 Å². The number of carbonyl (C=O) groups is 3. The molecule has 1 fully saturated rings. The van der Waals surface area contributed by atoms with Crippen molar-refractivity contribution in [2.75, 3.05) is 19.7 Å². The van der Waals surface area contributed by atoms with Crippen LogP contribution >= 0.6 is 11.3 Å². The number of benzene rings is 2. The maximum absolute atomic E-state index is 13.7. The summed E-state index contributed by atoms with van der Waals surface area (Å²) in [6.45, 7) is 9.74. The Morgan fingerprint density at radius 3 is 2.24 bits per heavy atom. The number of aromatic nitrogens is 1. The van der Waals surface area contributed by atoms with E-state index >= 15 is 0 Å². The zero-order chi connectivity index (χ0) is 35.7. The highest BCUT2D eigenvalue weighted by atomic mass is 32.1. The molecule has 3 heterocycles. The van der Waals surface area contributed by atoms with Gasteiger partial charge in [-0.05, 0) is 59.7 Å². The number of aliphatic carboxylic acids is 1. The second kappa shape index (κ2) is 16.9. The molecule has 2 N–H and O–H groups in total. The van der Waals surface area contributed by atoms with Crippen LogP contribution in [0.5, 0.6) is 5.75 Å². The van der Waals surface area contributed by atoms with E-state index in [2.05, 4.69) is 51.2 Å². The van der Waals surface area contributed by atoms with Gasteiger partial charge in [0, 0.05) is 41.7 Å². The number of hydrogen-bond donors (Lipinski definition) is 2. The second-order valence-corrected chi connectivity index (χ2v) is 15.3. The fourth-order valence-corrected chi connectivity index (χ4v) is 7.06. The number of rotatable bonds is 15. The lowest BCUT2D eigenvalue weighted by Crippen LogP contribution is -2.49. The molecule has 9 heteroatoms. The molecule has 2 aromatic carbocycles. The average Bonchev–Trinajstić information content (AvgIpc) is 3.82. The van der Waals surface area contributed by atoms with Crippen molar-refractivity contribution in [3.63, 3.8) is 0 Å². The van der Waals surface area contributed by atoms with E-state index in [1.54, 1.807) is 11.0 Å². The molecule has 0 spiro atoms. The third-order valence-corrected chi connectivity index (χ3v) is 10.7. The summed E-state index contributed by atoms with van der Waals surface area (Å²) in [5.41, 5.74) is 4.63. The molecule has 0 bridgehead atoms. The minimum absolute atomic E-state index is 0.0928. The predicted octanol–water partition coefficient (Wildman–Crippen LogP) is 8.40. The first-order valence-electron chi connectivity index (χ1n) is 17.7. The second-order valence-electron chi connectivity index (χ2n) is 14.2. The number of carbonyl (C=O) groups excluding carboxylic acids is 2. The third kappa shape index (κ3) is 9.81. The van der Waals surface area contributed by atoms with Crippen molar-refractivity contribution in [1.82, 2.24) is 15.2 Å². The minimum atomic E-state index is -0.905. The van der Waals surface area contributed by atoms with E-state index in [0.717, 1.165) is 51.6 Å². The van der Waals surface area contributed by atoms with Crippen LogP contribution < -0.4 is 10.1 Å². The first kappa shape index (κ1) is 36.8. The van der Waals surface area contributed by atoms with Crippen LogP contribution in [0.4, 0.5) is 0 Å². The van der Waals surface area contributed by atoms with Gasteiger partial charge in [-0.15, -0.1) is 11.3 Å². The number of ether oxygens (including phenoxy) is 1. The molecule has 2 atom stereocenters. The fourth-order valence-electron chi connectivity index (χ4n) is 6.10. The number of nitrogens with one attached hydrogen (secondary N) is 1. The largest absolute Gasteiger partial charge is 0.494 e. The van der Waals surface area contributed by atoms with Crippen LogP contribution in [0.1, 0.15) is 86.3 Å². The van der Waals surface area contributed by atoms with Gasteiger partial charge in [-0.25, -0.2) is 0 Å². The molecule has 1 aliphatic rings. The van der Waals surface area contributed by atoms with E-state index in [1.807, 2.05) is 54.7 Å². The van der Waals surface area contributed by atoms with Crippen molar-refractivity contribution in [2.24, 2.45) is 5.92 Å². The molecule has 0 saturated carbocycles. The Labute approximate surface area is 299 Å². The average molecular weight is 696 g/mol. The normalized spacial score (nSPS) is 15.1. The lowest BCUT2D eigenvalue weighted by Gasteiger charge is -2.24. The van der Waals surface area contributed by atoms with E-state index in [4.69, 9.17) is 9.72 Å². The number of thiophene rings is 1. The van der Waals surface area contributed by atoms with Crippen LogP contribution in [0, 0.1) is 5.92 Å². The molecular weight excluding hydrogens is 647 g/mol. The number of nitrogens with zero attached hydrogens (tertiary/aromatic N) is 2. The van der Waals surface area contributed by atoms with Gasteiger partial charge in [-0.2, -0.15) is 0 Å². The SMILES string of the molecule is CCCCCCCOc1ccc(-c2ccc(-c3ccc(C[C@H](NC(=O)c4ccc(C(C)(C)C)s4)C(=O)N4CCC(C(=O)O)C4)cc3)nc2)cc1. The monoisotopic (exact) mass is 695 g/mol. The number of carboxylic acid groups (broad SMARTS) is 1. The summed E-state index contributed by atoms with van der Waals surface area (Å²) in [6, 6.07) is 22.9. The summed E-state index contributed by atoms with van der Waals surface area (Å²) in [4.78, 5) is 46.6. The van der Waals surface area contributed by atoms with Gasteiger partial charge in [0.05, 0.1) is 23.1 Å². The van der Waals surface area contributed by atoms with Crippen LogP contribution in [-0.2, 0) is 21.4 Å². The molecule has 264 valence electrons. The minimum Gasteiger partial charge on any atom is -0.494 e.